The first kappa shape index (κ1) is 23.2. The fourth-order valence-electron chi connectivity index (χ4n) is 2.71. The average Bonchev–Trinajstić information content (AvgIpc) is 2.69. The van der Waals surface area contributed by atoms with Gasteiger partial charge in [0.1, 0.15) is 23.2 Å². The van der Waals surface area contributed by atoms with Crippen molar-refractivity contribution in [2.75, 3.05) is 37.8 Å². The Labute approximate surface area is 181 Å². The molecule has 3 aromatic rings. The number of nitrogens with zero attached hydrogens (tertiary/aromatic N) is 3. The van der Waals surface area contributed by atoms with Crippen LogP contribution in [-0.4, -0.2) is 48.4 Å². The second-order valence-corrected chi connectivity index (χ2v) is 7.02. The van der Waals surface area contributed by atoms with Gasteiger partial charge in [-0.15, -0.1) is 13.2 Å². The van der Waals surface area contributed by atoms with Gasteiger partial charge in [0.2, 0.25) is 5.95 Å². The molecule has 0 aliphatic rings. The molecule has 0 amide bonds. The maximum absolute atomic E-state index is 14.1. The molecule has 2 N–H and O–H groups in total. The topological polar surface area (TPSA) is 62.3 Å². The van der Waals surface area contributed by atoms with Gasteiger partial charge in [0.25, 0.3) is 0 Å². The minimum absolute atomic E-state index is 0.0237. The standard InChI is InChI=1S/C21H20F5N5O/c1-31(2)9-8-27-20-29-18(13-4-3-5-15(10-13)32-21(24,25)26)12-19(30-20)28-17-7-6-14(22)11-16(17)23/h3-7,10-12H,8-9H2,1-2H3,(H2,27,28,29,30). The molecule has 2 aromatic carbocycles. The Bertz CT molecular complexity index is 1070. The van der Waals surface area contributed by atoms with Crippen LogP contribution in [0.1, 0.15) is 0 Å². The summed E-state index contributed by atoms with van der Waals surface area (Å²) in [4.78, 5) is 10.6. The van der Waals surface area contributed by atoms with Crippen LogP contribution in [0.2, 0.25) is 0 Å². The number of likely N-dealkylation sites (N-methyl/N-ethyl adjacent to an activating group) is 1. The van der Waals surface area contributed by atoms with Crippen molar-refractivity contribution in [1.29, 1.82) is 0 Å². The third-order valence-corrected chi connectivity index (χ3v) is 4.13. The van der Waals surface area contributed by atoms with Gasteiger partial charge in [0.05, 0.1) is 11.4 Å². The molecule has 0 unspecified atom stereocenters. The molecule has 32 heavy (non-hydrogen) atoms. The van der Waals surface area contributed by atoms with Crippen LogP contribution < -0.4 is 15.4 Å². The minimum Gasteiger partial charge on any atom is -0.406 e. The quantitative estimate of drug-likeness (QED) is 0.466. The molecule has 11 heteroatoms. The third-order valence-electron chi connectivity index (χ3n) is 4.13. The zero-order valence-electron chi connectivity index (χ0n) is 17.2. The van der Waals surface area contributed by atoms with Crippen LogP contribution in [-0.2, 0) is 0 Å². The molecule has 0 aliphatic carbocycles. The summed E-state index contributed by atoms with van der Waals surface area (Å²) in [6, 6.07) is 9.75. The summed E-state index contributed by atoms with van der Waals surface area (Å²) in [6.45, 7) is 1.15. The summed E-state index contributed by atoms with van der Waals surface area (Å²) in [5, 5.41) is 5.77. The lowest BCUT2D eigenvalue weighted by Crippen LogP contribution is -2.21. The largest absolute Gasteiger partial charge is 0.573 e. The summed E-state index contributed by atoms with van der Waals surface area (Å²) in [6.07, 6.45) is -4.84. The first-order valence-corrected chi connectivity index (χ1v) is 9.45. The fourth-order valence-corrected chi connectivity index (χ4v) is 2.71. The first-order valence-electron chi connectivity index (χ1n) is 9.45. The number of benzene rings is 2. The molecule has 0 radical (unpaired) electrons. The van der Waals surface area contributed by atoms with Crippen LogP contribution in [0.5, 0.6) is 5.75 Å². The van der Waals surface area contributed by atoms with Crippen molar-refractivity contribution in [2.24, 2.45) is 0 Å². The van der Waals surface area contributed by atoms with E-state index in [2.05, 4.69) is 25.3 Å². The Morgan fingerprint density at radius 2 is 1.78 bits per heavy atom. The number of alkyl halides is 3. The van der Waals surface area contributed by atoms with Gasteiger partial charge < -0.3 is 20.3 Å². The van der Waals surface area contributed by atoms with E-state index in [1.165, 1.54) is 30.3 Å². The predicted molar refractivity (Wildman–Crippen MR) is 111 cm³/mol. The molecule has 170 valence electrons. The summed E-state index contributed by atoms with van der Waals surface area (Å²) in [5.74, 6) is -1.63. The maximum atomic E-state index is 14.1. The Morgan fingerprint density at radius 3 is 2.47 bits per heavy atom. The minimum atomic E-state index is -4.84. The molecule has 0 bridgehead atoms. The van der Waals surface area contributed by atoms with Gasteiger partial charge in [-0.25, -0.2) is 13.8 Å². The number of nitrogens with one attached hydrogen (secondary N) is 2. The number of rotatable bonds is 8. The van der Waals surface area contributed by atoms with Gasteiger partial charge in [-0.05, 0) is 38.4 Å². The molecule has 0 saturated heterocycles. The van der Waals surface area contributed by atoms with Gasteiger partial charge in [0, 0.05) is 30.8 Å². The van der Waals surface area contributed by atoms with E-state index < -0.39 is 23.7 Å². The molecule has 3 rings (SSSR count). The summed E-state index contributed by atoms with van der Waals surface area (Å²) < 4.78 is 69.0. The lowest BCUT2D eigenvalue weighted by molar-refractivity contribution is -0.274. The molecule has 0 aliphatic heterocycles. The molecule has 0 atom stereocenters. The molecule has 1 aromatic heterocycles. The number of halogens is 5. The third kappa shape index (κ3) is 6.77. The normalized spacial score (nSPS) is 11.5. The molecule has 0 spiro atoms. The van der Waals surface area contributed by atoms with Crippen LogP contribution in [0.4, 0.5) is 39.4 Å². The Hall–Kier alpha value is -3.47. The van der Waals surface area contributed by atoms with Crippen LogP contribution >= 0.6 is 0 Å². The fraction of sp³-hybridized carbons (Fsp3) is 0.238. The second kappa shape index (κ2) is 9.77. The van der Waals surface area contributed by atoms with Crippen molar-refractivity contribution in [3.8, 4) is 17.0 Å². The van der Waals surface area contributed by atoms with E-state index in [4.69, 9.17) is 0 Å². The highest BCUT2D eigenvalue weighted by molar-refractivity contribution is 5.68. The average molecular weight is 453 g/mol. The number of ether oxygens (including phenoxy) is 1. The molecule has 0 saturated carbocycles. The molecular formula is C21H20F5N5O. The molecule has 0 fully saturated rings. The van der Waals surface area contributed by atoms with E-state index in [1.807, 2.05) is 19.0 Å². The van der Waals surface area contributed by atoms with Crippen LogP contribution in [0.25, 0.3) is 11.3 Å². The highest BCUT2D eigenvalue weighted by Crippen LogP contribution is 2.29. The monoisotopic (exact) mass is 453 g/mol. The predicted octanol–water partition coefficient (Wildman–Crippen LogP) is 5.04. The highest BCUT2D eigenvalue weighted by atomic mass is 19.4. The number of aromatic nitrogens is 2. The van der Waals surface area contributed by atoms with E-state index in [0.29, 0.717) is 18.7 Å². The maximum Gasteiger partial charge on any atom is 0.573 e. The summed E-state index contributed by atoms with van der Waals surface area (Å²) in [5.41, 5.74) is 0.571. The zero-order valence-corrected chi connectivity index (χ0v) is 17.2. The van der Waals surface area contributed by atoms with Gasteiger partial charge in [0.15, 0.2) is 0 Å². The Kier molecular flexibility index (Phi) is 7.08. The highest BCUT2D eigenvalue weighted by Gasteiger charge is 2.31. The molecule has 6 nitrogen and oxygen atoms in total. The van der Waals surface area contributed by atoms with Crippen molar-refractivity contribution in [3.05, 3.63) is 60.2 Å². The number of hydrogen-bond donors (Lipinski definition) is 2. The number of anilines is 3. The Balaban J connectivity index is 1.95. The van der Waals surface area contributed by atoms with Crippen molar-refractivity contribution in [2.45, 2.75) is 6.36 Å². The van der Waals surface area contributed by atoms with Crippen molar-refractivity contribution >= 4 is 17.5 Å². The van der Waals surface area contributed by atoms with Crippen LogP contribution in [0, 0.1) is 11.6 Å². The van der Waals surface area contributed by atoms with E-state index >= 15 is 0 Å². The van der Waals surface area contributed by atoms with Crippen molar-refractivity contribution < 1.29 is 26.7 Å². The lowest BCUT2D eigenvalue weighted by atomic mass is 10.1. The zero-order chi connectivity index (χ0) is 23.3. The second-order valence-electron chi connectivity index (χ2n) is 7.02. The van der Waals surface area contributed by atoms with Gasteiger partial charge in [-0.2, -0.15) is 4.98 Å². The van der Waals surface area contributed by atoms with Crippen molar-refractivity contribution in [1.82, 2.24) is 14.9 Å². The van der Waals surface area contributed by atoms with Crippen LogP contribution in [0.3, 0.4) is 0 Å². The first-order chi connectivity index (χ1) is 15.1. The summed E-state index contributed by atoms with van der Waals surface area (Å²) in [7, 11) is 3.77. The van der Waals surface area contributed by atoms with Gasteiger partial charge in [-0.1, -0.05) is 12.1 Å². The van der Waals surface area contributed by atoms with Gasteiger partial charge in [-0.3, -0.25) is 0 Å². The van der Waals surface area contributed by atoms with Gasteiger partial charge >= 0.3 is 6.36 Å². The van der Waals surface area contributed by atoms with Crippen molar-refractivity contribution in [3.63, 3.8) is 0 Å². The van der Waals surface area contributed by atoms with E-state index in [1.54, 1.807) is 6.07 Å². The number of hydrogen-bond acceptors (Lipinski definition) is 6. The smallest absolute Gasteiger partial charge is 0.406 e. The van der Waals surface area contributed by atoms with E-state index in [0.717, 1.165) is 12.1 Å². The SMILES string of the molecule is CN(C)CCNc1nc(Nc2ccc(F)cc2F)cc(-c2cccc(OC(F)(F)F)c2)n1. The van der Waals surface area contributed by atoms with E-state index in [-0.39, 0.29) is 23.1 Å². The lowest BCUT2D eigenvalue weighted by Gasteiger charge is -2.14. The Morgan fingerprint density at radius 1 is 1.00 bits per heavy atom. The molecular weight excluding hydrogens is 433 g/mol. The van der Waals surface area contributed by atoms with Crippen LogP contribution in [0.15, 0.2) is 48.5 Å². The summed E-state index contributed by atoms with van der Waals surface area (Å²) >= 11 is 0. The van der Waals surface area contributed by atoms with E-state index in [9.17, 15) is 22.0 Å². The molecule has 1 heterocycles.